The highest BCUT2D eigenvalue weighted by molar-refractivity contribution is 5.67. The molecule has 0 aliphatic carbocycles. The maximum absolute atomic E-state index is 11.6. The molecule has 0 saturated heterocycles. The van der Waals surface area contributed by atoms with E-state index in [0.717, 1.165) is 11.3 Å². The molecular formula is C13H19NO3. The molecule has 0 heterocycles. The van der Waals surface area contributed by atoms with Crippen LogP contribution >= 0.6 is 0 Å². The first-order valence-corrected chi connectivity index (χ1v) is 5.58. The van der Waals surface area contributed by atoms with Crippen molar-refractivity contribution in [2.75, 3.05) is 14.2 Å². The zero-order valence-electron chi connectivity index (χ0n) is 10.8. The van der Waals surface area contributed by atoms with E-state index < -0.39 is 0 Å². The van der Waals surface area contributed by atoms with Crippen molar-refractivity contribution in [2.24, 2.45) is 0 Å². The zero-order valence-corrected chi connectivity index (χ0v) is 10.8. The standard InChI is InChI=1S/C13H19NO3/c1-10(2)17-13(15)14(3)9-11-7-5-6-8-12(11)16-4/h5-8,10H,9H2,1-4H3. The molecule has 0 radical (unpaired) electrons. The van der Waals surface area contributed by atoms with Crippen LogP contribution < -0.4 is 4.74 Å². The topological polar surface area (TPSA) is 38.8 Å². The van der Waals surface area contributed by atoms with Gasteiger partial charge in [-0.2, -0.15) is 0 Å². The average Bonchev–Trinajstić information content (AvgIpc) is 2.28. The Hall–Kier alpha value is -1.71. The molecule has 0 bridgehead atoms. The summed E-state index contributed by atoms with van der Waals surface area (Å²) in [6.07, 6.45) is -0.437. The average molecular weight is 237 g/mol. The van der Waals surface area contributed by atoms with Crippen molar-refractivity contribution >= 4 is 6.09 Å². The summed E-state index contributed by atoms with van der Waals surface area (Å²) in [6, 6.07) is 7.61. The quantitative estimate of drug-likeness (QED) is 0.808. The van der Waals surface area contributed by atoms with E-state index in [9.17, 15) is 4.79 Å². The van der Waals surface area contributed by atoms with Gasteiger partial charge in [0.15, 0.2) is 0 Å². The molecule has 0 N–H and O–H groups in total. The van der Waals surface area contributed by atoms with E-state index in [0.29, 0.717) is 6.54 Å². The summed E-state index contributed by atoms with van der Waals surface area (Å²) in [4.78, 5) is 13.1. The number of ether oxygens (including phenoxy) is 2. The van der Waals surface area contributed by atoms with Crippen LogP contribution in [0.25, 0.3) is 0 Å². The summed E-state index contributed by atoms with van der Waals surface area (Å²) < 4.78 is 10.3. The van der Waals surface area contributed by atoms with Crippen LogP contribution in [0.2, 0.25) is 0 Å². The van der Waals surface area contributed by atoms with Crippen LogP contribution in [0.5, 0.6) is 5.75 Å². The number of nitrogens with zero attached hydrogens (tertiary/aromatic N) is 1. The number of benzene rings is 1. The van der Waals surface area contributed by atoms with Crippen molar-refractivity contribution < 1.29 is 14.3 Å². The van der Waals surface area contributed by atoms with E-state index in [4.69, 9.17) is 9.47 Å². The molecule has 0 saturated carbocycles. The third-order valence-corrected chi connectivity index (χ3v) is 2.25. The van der Waals surface area contributed by atoms with Crippen molar-refractivity contribution in [1.82, 2.24) is 4.90 Å². The van der Waals surface area contributed by atoms with Gasteiger partial charge in [-0.3, -0.25) is 0 Å². The summed E-state index contributed by atoms with van der Waals surface area (Å²) >= 11 is 0. The van der Waals surface area contributed by atoms with Crippen molar-refractivity contribution in [1.29, 1.82) is 0 Å². The van der Waals surface area contributed by atoms with Gasteiger partial charge in [-0.15, -0.1) is 0 Å². The first kappa shape index (κ1) is 13.4. The van der Waals surface area contributed by atoms with Crippen LogP contribution in [-0.2, 0) is 11.3 Å². The lowest BCUT2D eigenvalue weighted by Gasteiger charge is -2.19. The van der Waals surface area contributed by atoms with Crippen molar-refractivity contribution in [3.63, 3.8) is 0 Å². The van der Waals surface area contributed by atoms with Crippen LogP contribution in [0, 0.1) is 0 Å². The summed E-state index contributed by atoms with van der Waals surface area (Å²) in [7, 11) is 3.32. The van der Waals surface area contributed by atoms with Crippen LogP contribution in [0.3, 0.4) is 0 Å². The Morgan fingerprint density at radius 1 is 1.35 bits per heavy atom. The van der Waals surface area contributed by atoms with Gasteiger partial charge in [-0.05, 0) is 19.9 Å². The zero-order chi connectivity index (χ0) is 12.8. The van der Waals surface area contributed by atoms with E-state index in [1.807, 2.05) is 38.1 Å². The number of methoxy groups -OCH3 is 1. The van der Waals surface area contributed by atoms with E-state index in [-0.39, 0.29) is 12.2 Å². The first-order valence-electron chi connectivity index (χ1n) is 5.58. The van der Waals surface area contributed by atoms with Gasteiger partial charge in [0.05, 0.1) is 19.8 Å². The minimum absolute atomic E-state index is 0.109. The SMILES string of the molecule is COc1ccccc1CN(C)C(=O)OC(C)C. The number of carbonyl (C=O) groups excluding carboxylic acids is 1. The number of amides is 1. The van der Waals surface area contributed by atoms with Crippen LogP contribution in [0.15, 0.2) is 24.3 Å². The molecular weight excluding hydrogens is 218 g/mol. The Morgan fingerprint density at radius 3 is 2.59 bits per heavy atom. The molecule has 0 fully saturated rings. The van der Waals surface area contributed by atoms with Crippen molar-refractivity contribution in [2.45, 2.75) is 26.5 Å². The molecule has 4 heteroatoms. The maximum Gasteiger partial charge on any atom is 0.410 e. The van der Waals surface area contributed by atoms with E-state index in [2.05, 4.69) is 0 Å². The Labute approximate surface area is 102 Å². The van der Waals surface area contributed by atoms with Crippen molar-refractivity contribution in [3.05, 3.63) is 29.8 Å². The fourth-order valence-corrected chi connectivity index (χ4v) is 1.45. The molecule has 0 atom stereocenters. The molecule has 0 aliphatic heterocycles. The van der Waals surface area contributed by atoms with Gasteiger partial charge >= 0.3 is 6.09 Å². The normalized spacial score (nSPS) is 10.2. The van der Waals surface area contributed by atoms with Crippen LogP contribution in [0.1, 0.15) is 19.4 Å². The van der Waals surface area contributed by atoms with Crippen LogP contribution in [0.4, 0.5) is 4.79 Å². The second-order valence-corrected chi connectivity index (χ2v) is 4.10. The minimum atomic E-state index is -0.328. The Morgan fingerprint density at radius 2 is 2.00 bits per heavy atom. The number of rotatable bonds is 4. The summed E-state index contributed by atoms with van der Waals surface area (Å²) in [6.45, 7) is 4.12. The van der Waals surface area contributed by atoms with E-state index >= 15 is 0 Å². The lowest BCUT2D eigenvalue weighted by Crippen LogP contribution is -2.29. The Bertz CT molecular complexity index is 377. The summed E-state index contributed by atoms with van der Waals surface area (Å²) in [5, 5.41) is 0. The van der Waals surface area contributed by atoms with Crippen LogP contribution in [-0.4, -0.2) is 31.3 Å². The van der Waals surface area contributed by atoms with Gasteiger partial charge in [-0.1, -0.05) is 18.2 Å². The monoisotopic (exact) mass is 237 g/mol. The van der Waals surface area contributed by atoms with Gasteiger partial charge in [0, 0.05) is 12.6 Å². The smallest absolute Gasteiger partial charge is 0.410 e. The third kappa shape index (κ3) is 3.98. The molecule has 0 spiro atoms. The number of hydrogen-bond acceptors (Lipinski definition) is 3. The molecule has 4 nitrogen and oxygen atoms in total. The fraction of sp³-hybridized carbons (Fsp3) is 0.462. The van der Waals surface area contributed by atoms with E-state index in [1.54, 1.807) is 14.2 Å². The molecule has 1 aromatic rings. The molecule has 1 rings (SSSR count). The molecule has 0 unspecified atom stereocenters. The lowest BCUT2D eigenvalue weighted by atomic mass is 10.2. The van der Waals surface area contributed by atoms with Gasteiger partial charge in [-0.25, -0.2) is 4.79 Å². The first-order chi connectivity index (χ1) is 8.04. The molecule has 17 heavy (non-hydrogen) atoms. The van der Waals surface area contributed by atoms with Gasteiger partial charge < -0.3 is 14.4 Å². The molecule has 1 amide bonds. The Balaban J connectivity index is 2.67. The third-order valence-electron chi connectivity index (χ3n) is 2.25. The van der Waals surface area contributed by atoms with Gasteiger partial charge in [0.2, 0.25) is 0 Å². The predicted octanol–water partition coefficient (Wildman–Crippen LogP) is 2.67. The highest BCUT2D eigenvalue weighted by Gasteiger charge is 2.13. The second-order valence-electron chi connectivity index (χ2n) is 4.10. The van der Waals surface area contributed by atoms with Gasteiger partial charge in [0.25, 0.3) is 0 Å². The number of para-hydroxylation sites is 1. The Kier molecular flexibility index (Phi) is 4.82. The molecule has 0 aliphatic rings. The highest BCUT2D eigenvalue weighted by Crippen LogP contribution is 2.18. The molecule has 94 valence electrons. The number of carbonyl (C=O) groups is 1. The predicted molar refractivity (Wildman–Crippen MR) is 66.1 cm³/mol. The minimum Gasteiger partial charge on any atom is -0.496 e. The van der Waals surface area contributed by atoms with Gasteiger partial charge in [0.1, 0.15) is 5.75 Å². The largest absolute Gasteiger partial charge is 0.496 e. The molecule has 1 aromatic carbocycles. The summed E-state index contributed by atoms with van der Waals surface area (Å²) in [5.41, 5.74) is 0.957. The second kappa shape index (κ2) is 6.13. The molecule has 0 aromatic heterocycles. The van der Waals surface area contributed by atoms with E-state index in [1.165, 1.54) is 4.90 Å². The summed E-state index contributed by atoms with van der Waals surface area (Å²) in [5.74, 6) is 0.775. The lowest BCUT2D eigenvalue weighted by molar-refractivity contribution is 0.0821. The highest BCUT2D eigenvalue weighted by atomic mass is 16.6. The fourth-order valence-electron chi connectivity index (χ4n) is 1.45. The maximum atomic E-state index is 11.6. The number of hydrogen-bond donors (Lipinski definition) is 0. The van der Waals surface area contributed by atoms with Crippen molar-refractivity contribution in [3.8, 4) is 5.75 Å².